The van der Waals surface area contributed by atoms with Gasteiger partial charge in [0.25, 0.3) is 5.91 Å². The number of hydrogen-bond acceptors (Lipinski definition) is 4. The molecule has 0 radical (unpaired) electrons. The molecule has 1 heterocycles. The first-order valence-electron chi connectivity index (χ1n) is 6.90. The Kier molecular flexibility index (Phi) is 4.43. The second-order valence-corrected chi connectivity index (χ2v) is 5.89. The van der Waals surface area contributed by atoms with Gasteiger partial charge in [-0.3, -0.25) is 4.79 Å². The number of nitrogens with one attached hydrogen (secondary N) is 1. The van der Waals surface area contributed by atoms with Crippen molar-refractivity contribution >= 4 is 40.6 Å². The van der Waals surface area contributed by atoms with E-state index in [0.29, 0.717) is 15.6 Å². The van der Waals surface area contributed by atoms with Crippen molar-refractivity contribution in [3.63, 3.8) is 0 Å². The standard InChI is InChI=1S/C17H11FN2O3S/c18-12-3-1-2-4-13(12)19-17-20-15(21)14(24-17)9-10-5-7-11(8-6-10)16(22)23/h1-9H,(H,22,23)(H,19,20,21)/b14-9-. The number of amidine groups is 1. The summed E-state index contributed by atoms with van der Waals surface area (Å²) >= 11 is 1.10. The second-order valence-electron chi connectivity index (χ2n) is 4.86. The fourth-order valence-corrected chi connectivity index (χ4v) is 2.84. The minimum absolute atomic E-state index is 0.146. The maximum Gasteiger partial charge on any atom is 0.335 e. The molecule has 0 saturated carbocycles. The molecule has 24 heavy (non-hydrogen) atoms. The van der Waals surface area contributed by atoms with E-state index in [1.807, 2.05) is 0 Å². The average molecular weight is 342 g/mol. The highest BCUT2D eigenvalue weighted by Crippen LogP contribution is 2.28. The summed E-state index contributed by atoms with van der Waals surface area (Å²) in [5, 5.41) is 11.7. The van der Waals surface area contributed by atoms with Gasteiger partial charge >= 0.3 is 5.97 Å². The van der Waals surface area contributed by atoms with E-state index in [9.17, 15) is 14.0 Å². The van der Waals surface area contributed by atoms with Crippen LogP contribution in [0.15, 0.2) is 58.4 Å². The van der Waals surface area contributed by atoms with Crippen molar-refractivity contribution in [1.82, 2.24) is 5.32 Å². The van der Waals surface area contributed by atoms with Gasteiger partial charge in [-0.15, -0.1) is 0 Å². The van der Waals surface area contributed by atoms with Gasteiger partial charge in [-0.1, -0.05) is 24.3 Å². The van der Waals surface area contributed by atoms with Crippen LogP contribution in [0, 0.1) is 5.82 Å². The summed E-state index contributed by atoms with van der Waals surface area (Å²) in [7, 11) is 0. The average Bonchev–Trinajstić information content (AvgIpc) is 2.90. The third-order valence-electron chi connectivity index (χ3n) is 3.18. The number of carboxylic acid groups (broad SMARTS) is 1. The lowest BCUT2D eigenvalue weighted by atomic mass is 10.1. The van der Waals surface area contributed by atoms with Gasteiger partial charge in [0.15, 0.2) is 5.17 Å². The summed E-state index contributed by atoms with van der Waals surface area (Å²) in [5.41, 5.74) is 1.000. The number of nitrogens with zero attached hydrogens (tertiary/aromatic N) is 1. The third kappa shape index (κ3) is 3.52. The second kappa shape index (κ2) is 6.67. The third-order valence-corrected chi connectivity index (χ3v) is 4.09. The lowest BCUT2D eigenvalue weighted by Crippen LogP contribution is -2.19. The van der Waals surface area contributed by atoms with E-state index in [-0.39, 0.29) is 17.2 Å². The molecule has 0 unspecified atom stereocenters. The van der Waals surface area contributed by atoms with Crippen molar-refractivity contribution in [1.29, 1.82) is 0 Å². The molecule has 3 rings (SSSR count). The lowest BCUT2D eigenvalue weighted by Gasteiger charge is -1.97. The molecular formula is C17H11FN2O3S. The Hall–Kier alpha value is -2.93. The van der Waals surface area contributed by atoms with Crippen LogP contribution < -0.4 is 5.32 Å². The molecule has 1 aliphatic rings. The topological polar surface area (TPSA) is 78.8 Å². The fraction of sp³-hybridized carbons (Fsp3) is 0. The van der Waals surface area contributed by atoms with Crippen LogP contribution in [0.25, 0.3) is 6.08 Å². The lowest BCUT2D eigenvalue weighted by molar-refractivity contribution is -0.115. The molecule has 7 heteroatoms. The van der Waals surface area contributed by atoms with E-state index in [1.165, 1.54) is 24.3 Å². The first-order valence-corrected chi connectivity index (χ1v) is 7.72. The Morgan fingerprint density at radius 3 is 2.54 bits per heavy atom. The number of halogens is 1. The molecule has 0 aromatic heterocycles. The molecule has 2 aromatic carbocycles. The molecule has 1 saturated heterocycles. The number of rotatable bonds is 3. The summed E-state index contributed by atoms with van der Waals surface area (Å²) in [6, 6.07) is 12.2. The molecular weight excluding hydrogens is 331 g/mol. The van der Waals surface area contributed by atoms with Crippen LogP contribution in [-0.4, -0.2) is 22.2 Å². The molecule has 0 bridgehead atoms. The quantitative estimate of drug-likeness (QED) is 0.838. The summed E-state index contributed by atoms with van der Waals surface area (Å²) in [5.74, 6) is -1.82. The first kappa shape index (κ1) is 15.9. The van der Waals surface area contributed by atoms with Gasteiger partial charge in [0.1, 0.15) is 11.5 Å². The minimum Gasteiger partial charge on any atom is -0.478 e. The highest BCUT2D eigenvalue weighted by atomic mass is 32.2. The van der Waals surface area contributed by atoms with E-state index in [0.717, 1.165) is 11.8 Å². The number of benzene rings is 2. The van der Waals surface area contributed by atoms with E-state index in [1.54, 1.807) is 30.3 Å². The van der Waals surface area contributed by atoms with Crippen LogP contribution >= 0.6 is 11.8 Å². The molecule has 120 valence electrons. The zero-order valence-corrected chi connectivity index (χ0v) is 13.0. The van der Waals surface area contributed by atoms with Crippen molar-refractivity contribution in [2.45, 2.75) is 0 Å². The predicted molar refractivity (Wildman–Crippen MR) is 90.6 cm³/mol. The highest BCUT2D eigenvalue weighted by Gasteiger charge is 2.24. The largest absolute Gasteiger partial charge is 0.478 e. The van der Waals surface area contributed by atoms with Crippen LogP contribution in [-0.2, 0) is 4.79 Å². The number of amides is 1. The summed E-state index contributed by atoms with van der Waals surface area (Å²) < 4.78 is 13.6. The number of aliphatic imine (C=N–C) groups is 1. The number of thioether (sulfide) groups is 1. The van der Waals surface area contributed by atoms with Crippen LogP contribution in [0.3, 0.4) is 0 Å². The van der Waals surface area contributed by atoms with Crippen LogP contribution in [0.2, 0.25) is 0 Å². The Balaban J connectivity index is 1.82. The van der Waals surface area contributed by atoms with Crippen molar-refractivity contribution in [2.75, 3.05) is 0 Å². The first-order chi connectivity index (χ1) is 11.5. The molecule has 1 aliphatic heterocycles. The van der Waals surface area contributed by atoms with Crippen molar-refractivity contribution in [3.05, 3.63) is 70.4 Å². The van der Waals surface area contributed by atoms with E-state index < -0.39 is 11.8 Å². The maximum absolute atomic E-state index is 13.6. The highest BCUT2D eigenvalue weighted by molar-refractivity contribution is 8.18. The number of aromatic carboxylic acids is 1. The maximum atomic E-state index is 13.6. The van der Waals surface area contributed by atoms with Gasteiger partial charge in [-0.25, -0.2) is 14.2 Å². The van der Waals surface area contributed by atoms with Crippen LogP contribution in [0.1, 0.15) is 15.9 Å². The van der Waals surface area contributed by atoms with Crippen LogP contribution in [0.5, 0.6) is 0 Å². The molecule has 2 N–H and O–H groups in total. The van der Waals surface area contributed by atoms with Crippen molar-refractivity contribution < 1.29 is 19.1 Å². The number of carboxylic acids is 1. The number of para-hydroxylation sites is 1. The Bertz CT molecular complexity index is 876. The Morgan fingerprint density at radius 1 is 1.17 bits per heavy atom. The number of hydrogen-bond donors (Lipinski definition) is 2. The molecule has 0 spiro atoms. The van der Waals surface area contributed by atoms with Crippen molar-refractivity contribution in [2.24, 2.45) is 4.99 Å². The molecule has 0 aliphatic carbocycles. The monoisotopic (exact) mass is 342 g/mol. The summed E-state index contributed by atoms with van der Waals surface area (Å²) in [6.45, 7) is 0. The predicted octanol–water partition coefficient (Wildman–Crippen LogP) is 3.42. The number of carbonyl (C=O) groups is 2. The molecule has 5 nitrogen and oxygen atoms in total. The Morgan fingerprint density at radius 2 is 1.88 bits per heavy atom. The Labute approximate surface area is 140 Å². The SMILES string of the molecule is O=C1N/C(=N/c2ccccc2F)S/C1=C\c1ccc(C(=O)O)cc1. The zero-order chi connectivity index (χ0) is 17.1. The van der Waals surface area contributed by atoms with Gasteiger partial charge < -0.3 is 10.4 Å². The van der Waals surface area contributed by atoms with Gasteiger partial charge in [0.05, 0.1) is 10.5 Å². The molecule has 1 fully saturated rings. The van der Waals surface area contributed by atoms with Gasteiger partial charge in [0.2, 0.25) is 0 Å². The molecule has 1 amide bonds. The fourth-order valence-electron chi connectivity index (χ4n) is 2.01. The van der Waals surface area contributed by atoms with Gasteiger partial charge in [0, 0.05) is 0 Å². The van der Waals surface area contributed by atoms with E-state index in [4.69, 9.17) is 5.11 Å². The van der Waals surface area contributed by atoms with Crippen LogP contribution in [0.4, 0.5) is 10.1 Å². The minimum atomic E-state index is -1.01. The van der Waals surface area contributed by atoms with Gasteiger partial charge in [-0.05, 0) is 47.7 Å². The summed E-state index contributed by atoms with van der Waals surface area (Å²) in [4.78, 5) is 27.3. The number of carbonyl (C=O) groups excluding carboxylic acids is 1. The smallest absolute Gasteiger partial charge is 0.335 e. The molecule has 0 atom stereocenters. The normalized spacial score (nSPS) is 17.3. The van der Waals surface area contributed by atoms with E-state index >= 15 is 0 Å². The van der Waals surface area contributed by atoms with Gasteiger partial charge in [-0.2, -0.15) is 0 Å². The van der Waals surface area contributed by atoms with E-state index in [2.05, 4.69) is 10.3 Å². The molecule has 2 aromatic rings. The van der Waals surface area contributed by atoms with Crippen molar-refractivity contribution in [3.8, 4) is 0 Å². The summed E-state index contributed by atoms with van der Waals surface area (Å²) in [6.07, 6.45) is 1.62. The zero-order valence-electron chi connectivity index (χ0n) is 12.2.